The molecule has 7 nitrogen and oxygen atoms in total. The van der Waals surface area contributed by atoms with Gasteiger partial charge in [-0.2, -0.15) is 0 Å². The van der Waals surface area contributed by atoms with Crippen LogP contribution in [0.1, 0.15) is 90.9 Å². The second-order valence-corrected chi connectivity index (χ2v) is 9.51. The molecule has 0 saturated heterocycles. The fraction of sp³-hybridized carbons (Fsp3) is 0.414. The van der Waals surface area contributed by atoms with Crippen LogP contribution in [0, 0.1) is 5.92 Å². The molecular formula is C29H34O7. The summed E-state index contributed by atoms with van der Waals surface area (Å²) >= 11 is 0. The quantitative estimate of drug-likeness (QED) is 0.285. The molecule has 1 aliphatic carbocycles. The zero-order valence-electron chi connectivity index (χ0n) is 21.9. The minimum atomic E-state index is -0.447. The van der Waals surface area contributed by atoms with Gasteiger partial charge in [0, 0.05) is 30.2 Å². The number of rotatable bonds is 10. The highest BCUT2D eigenvalue weighted by Crippen LogP contribution is 2.43. The summed E-state index contributed by atoms with van der Waals surface area (Å²) in [5.41, 5.74) is 1.17. The number of methoxy groups -OCH3 is 1. The van der Waals surface area contributed by atoms with Crippen LogP contribution >= 0.6 is 0 Å². The van der Waals surface area contributed by atoms with Crippen molar-refractivity contribution in [3.63, 3.8) is 0 Å². The first-order chi connectivity index (χ1) is 17.0. The highest BCUT2D eigenvalue weighted by Gasteiger charge is 2.38. The minimum Gasteiger partial charge on any atom is -0.507 e. The van der Waals surface area contributed by atoms with E-state index in [9.17, 15) is 19.5 Å². The van der Waals surface area contributed by atoms with Crippen LogP contribution in [0.25, 0.3) is 5.76 Å². The Hall–Kier alpha value is -3.45. The van der Waals surface area contributed by atoms with Crippen molar-refractivity contribution in [3.05, 3.63) is 63.7 Å². The molecule has 0 aliphatic heterocycles. The molecule has 0 amide bonds. The van der Waals surface area contributed by atoms with E-state index in [1.165, 1.54) is 13.2 Å². The van der Waals surface area contributed by atoms with Gasteiger partial charge in [0.25, 0.3) is 0 Å². The maximum Gasteiger partial charge on any atom is 0.202 e. The number of carbonyl (C=O) groups excluding carboxylic acids is 3. The van der Waals surface area contributed by atoms with E-state index < -0.39 is 11.9 Å². The van der Waals surface area contributed by atoms with Crippen molar-refractivity contribution in [2.75, 3.05) is 7.11 Å². The molecule has 0 saturated carbocycles. The lowest BCUT2D eigenvalue weighted by Gasteiger charge is -2.27. The Morgan fingerprint density at radius 2 is 1.64 bits per heavy atom. The number of hydrogen-bond donors (Lipinski definition) is 1. The minimum absolute atomic E-state index is 0.0251. The molecule has 0 aromatic heterocycles. The first-order valence-corrected chi connectivity index (χ1v) is 12.2. The van der Waals surface area contributed by atoms with Gasteiger partial charge in [-0.1, -0.05) is 26.0 Å². The van der Waals surface area contributed by atoms with Crippen molar-refractivity contribution in [1.29, 1.82) is 0 Å². The van der Waals surface area contributed by atoms with Crippen LogP contribution in [0.4, 0.5) is 0 Å². The molecule has 1 N–H and O–H groups in total. The average Bonchev–Trinajstić information content (AvgIpc) is 2.80. The monoisotopic (exact) mass is 494 g/mol. The summed E-state index contributed by atoms with van der Waals surface area (Å²) in [6, 6.07) is 6.47. The molecule has 0 radical (unpaired) electrons. The van der Waals surface area contributed by atoms with Crippen molar-refractivity contribution in [1.82, 2.24) is 0 Å². The number of hydrogen-bond acceptors (Lipinski definition) is 7. The van der Waals surface area contributed by atoms with Gasteiger partial charge >= 0.3 is 0 Å². The van der Waals surface area contributed by atoms with E-state index in [1.54, 1.807) is 39.0 Å². The summed E-state index contributed by atoms with van der Waals surface area (Å²) in [4.78, 5) is 40.2. The van der Waals surface area contributed by atoms with Crippen LogP contribution in [-0.4, -0.2) is 41.8 Å². The van der Waals surface area contributed by atoms with Gasteiger partial charge < -0.3 is 19.3 Å². The molecule has 2 aromatic rings. The summed E-state index contributed by atoms with van der Waals surface area (Å²) in [5, 5.41) is 11.1. The second kappa shape index (κ2) is 11.1. The van der Waals surface area contributed by atoms with Gasteiger partial charge in [-0.3, -0.25) is 14.4 Å². The molecule has 0 heterocycles. The molecule has 1 aliphatic rings. The Morgan fingerprint density at radius 3 is 2.22 bits per heavy atom. The number of carbonyl (C=O) groups is 3. The number of allylic oxidation sites excluding steroid dienone is 1. The Kier molecular flexibility index (Phi) is 8.35. The first-order valence-electron chi connectivity index (χ1n) is 12.2. The Morgan fingerprint density at radius 1 is 0.972 bits per heavy atom. The van der Waals surface area contributed by atoms with Crippen LogP contribution in [-0.2, 0) is 16.1 Å². The lowest BCUT2D eigenvalue weighted by atomic mass is 9.80. The van der Waals surface area contributed by atoms with Gasteiger partial charge in [-0.25, -0.2) is 0 Å². The molecule has 192 valence electrons. The Balaban J connectivity index is 2.37. The Bertz CT molecular complexity index is 1220. The predicted molar refractivity (Wildman–Crippen MR) is 137 cm³/mol. The standard InChI is InChI=1S/C29H34O7/c1-8-17(6)21(30)13-22(31)24-18(14-34-7)12-20-26(29(24)36-16(4)5)28(33)25-19(27(20)32)10-9-11-23(25)35-15(2)3/h9-13,15-17,31H,8,14H2,1-7H3/b22-13-/t17-/m0/s1. The van der Waals surface area contributed by atoms with Gasteiger partial charge in [0.1, 0.15) is 17.3 Å². The molecule has 3 rings (SSSR count). The van der Waals surface area contributed by atoms with Crippen molar-refractivity contribution < 1.29 is 33.7 Å². The number of aliphatic hydroxyl groups is 1. The highest BCUT2D eigenvalue weighted by molar-refractivity contribution is 6.30. The van der Waals surface area contributed by atoms with Gasteiger partial charge in [0.2, 0.25) is 5.78 Å². The maximum absolute atomic E-state index is 14.0. The van der Waals surface area contributed by atoms with Crippen molar-refractivity contribution in [2.45, 2.75) is 66.8 Å². The molecular weight excluding hydrogens is 460 g/mol. The van der Waals surface area contributed by atoms with Gasteiger partial charge in [0.05, 0.1) is 35.5 Å². The number of ether oxygens (including phenoxy) is 3. The maximum atomic E-state index is 14.0. The summed E-state index contributed by atoms with van der Waals surface area (Å²) < 4.78 is 17.3. The SMILES string of the molecule is CC[C@H](C)C(=O)/C=C(\O)c1c(COC)cc2c(c1OC(C)C)C(=O)c1c(OC(C)C)cccc1C2=O. The van der Waals surface area contributed by atoms with Crippen LogP contribution in [0.2, 0.25) is 0 Å². The van der Waals surface area contributed by atoms with Crippen LogP contribution in [0.15, 0.2) is 30.3 Å². The summed E-state index contributed by atoms with van der Waals surface area (Å²) in [6.45, 7) is 10.9. The molecule has 7 heteroatoms. The van der Waals surface area contributed by atoms with E-state index in [-0.39, 0.29) is 69.5 Å². The fourth-order valence-corrected chi connectivity index (χ4v) is 4.15. The molecule has 0 unspecified atom stereocenters. The number of aliphatic hydroxyl groups excluding tert-OH is 1. The third kappa shape index (κ3) is 5.21. The topological polar surface area (TPSA) is 99.1 Å². The lowest BCUT2D eigenvalue weighted by molar-refractivity contribution is -0.117. The summed E-state index contributed by atoms with van der Waals surface area (Å²) in [6.07, 6.45) is 1.15. The van der Waals surface area contributed by atoms with Crippen molar-refractivity contribution >= 4 is 23.1 Å². The summed E-state index contributed by atoms with van der Waals surface area (Å²) in [7, 11) is 1.48. The van der Waals surface area contributed by atoms with E-state index in [0.29, 0.717) is 17.7 Å². The smallest absolute Gasteiger partial charge is 0.202 e. The average molecular weight is 495 g/mol. The van der Waals surface area contributed by atoms with E-state index >= 15 is 0 Å². The van der Waals surface area contributed by atoms with E-state index in [2.05, 4.69) is 0 Å². The zero-order valence-corrected chi connectivity index (χ0v) is 21.9. The third-order valence-corrected chi connectivity index (χ3v) is 5.98. The first kappa shape index (κ1) is 27.1. The van der Waals surface area contributed by atoms with E-state index in [4.69, 9.17) is 14.2 Å². The molecule has 36 heavy (non-hydrogen) atoms. The van der Waals surface area contributed by atoms with Gasteiger partial charge in [-0.05, 0) is 51.8 Å². The number of fused-ring (bicyclic) bond motifs is 2. The molecule has 0 bridgehead atoms. The molecule has 1 atom stereocenters. The zero-order chi connectivity index (χ0) is 26.7. The molecule has 0 spiro atoms. The molecule has 2 aromatic carbocycles. The van der Waals surface area contributed by atoms with E-state index in [0.717, 1.165) is 6.08 Å². The number of benzene rings is 2. The van der Waals surface area contributed by atoms with Crippen molar-refractivity contribution in [2.24, 2.45) is 5.92 Å². The largest absolute Gasteiger partial charge is 0.507 e. The number of ketones is 3. The van der Waals surface area contributed by atoms with Crippen LogP contribution in [0.5, 0.6) is 11.5 Å². The van der Waals surface area contributed by atoms with Crippen LogP contribution < -0.4 is 9.47 Å². The third-order valence-electron chi connectivity index (χ3n) is 5.98. The normalized spacial score (nSPS) is 14.1. The Labute approximate surface area is 212 Å². The highest BCUT2D eigenvalue weighted by atomic mass is 16.5. The molecule has 0 fully saturated rings. The van der Waals surface area contributed by atoms with Gasteiger partial charge in [-0.15, -0.1) is 0 Å². The van der Waals surface area contributed by atoms with E-state index in [1.807, 2.05) is 20.8 Å². The lowest BCUT2D eigenvalue weighted by Crippen LogP contribution is -2.26. The van der Waals surface area contributed by atoms with Crippen molar-refractivity contribution in [3.8, 4) is 11.5 Å². The summed E-state index contributed by atoms with van der Waals surface area (Å²) in [5.74, 6) is -1.35. The fourth-order valence-electron chi connectivity index (χ4n) is 4.15. The predicted octanol–water partition coefficient (Wildman–Crippen LogP) is 5.70. The second-order valence-electron chi connectivity index (χ2n) is 9.51. The van der Waals surface area contributed by atoms with Gasteiger partial charge in [0.15, 0.2) is 11.6 Å². The van der Waals surface area contributed by atoms with Crippen LogP contribution in [0.3, 0.4) is 0 Å².